The first-order chi connectivity index (χ1) is 8.19. The normalized spacial score (nSPS) is 10.5. The van der Waals surface area contributed by atoms with Crippen LogP contribution in [0.15, 0.2) is 35.5 Å². The predicted molar refractivity (Wildman–Crippen MR) is 65.7 cm³/mol. The summed E-state index contributed by atoms with van der Waals surface area (Å²) in [5.41, 5.74) is 1.11. The smallest absolute Gasteiger partial charge is 0.174 e. The molecule has 2 rings (SSSR count). The Morgan fingerprint density at radius 3 is 2.59 bits per heavy atom. The monoisotopic (exact) mass is 252 g/mol. The molecule has 0 N–H and O–H groups in total. The first kappa shape index (κ1) is 12.0. The van der Waals surface area contributed by atoms with E-state index in [1.54, 1.807) is 14.2 Å². The minimum absolute atomic E-state index is 0.272. The van der Waals surface area contributed by atoms with Crippen LogP contribution in [-0.4, -0.2) is 16.9 Å². The van der Waals surface area contributed by atoms with Crippen molar-refractivity contribution in [2.75, 3.05) is 7.11 Å². The topological polar surface area (TPSA) is 27.1 Å². The third kappa shape index (κ3) is 3.00. The van der Waals surface area contributed by atoms with E-state index in [1.165, 1.54) is 22.6 Å². The number of aryl methyl sites for hydroxylation is 1. The van der Waals surface area contributed by atoms with Crippen LogP contribution >= 0.6 is 11.8 Å². The zero-order valence-corrected chi connectivity index (χ0v) is 10.5. The Bertz CT molecular complexity index is 496. The molecule has 0 unspecified atom stereocenters. The van der Waals surface area contributed by atoms with Gasteiger partial charge in [-0.15, -0.1) is 0 Å². The molecule has 0 saturated carbocycles. The van der Waals surface area contributed by atoms with Gasteiger partial charge in [0.05, 0.1) is 13.3 Å². The molecule has 0 spiro atoms. The Balaban J connectivity index is 1.99. The zero-order valence-electron chi connectivity index (χ0n) is 9.68. The van der Waals surface area contributed by atoms with Gasteiger partial charge in [-0.1, -0.05) is 23.9 Å². The summed E-state index contributed by atoms with van der Waals surface area (Å²) >= 11 is 1.39. The molecule has 5 heteroatoms. The quantitative estimate of drug-likeness (QED) is 0.783. The number of nitrogens with zero attached hydrogens (tertiary/aromatic N) is 2. The highest BCUT2D eigenvalue weighted by Gasteiger charge is 2.07. The highest BCUT2D eigenvalue weighted by molar-refractivity contribution is 7.98. The van der Waals surface area contributed by atoms with E-state index >= 15 is 0 Å². The molecule has 0 aliphatic carbocycles. The lowest BCUT2D eigenvalue weighted by molar-refractivity contribution is 0.414. The first-order valence-corrected chi connectivity index (χ1v) is 6.12. The summed E-state index contributed by atoms with van der Waals surface area (Å²) in [6, 6.07) is 7.72. The Morgan fingerprint density at radius 2 is 2.06 bits per heavy atom. The van der Waals surface area contributed by atoms with E-state index in [0.29, 0.717) is 10.8 Å². The summed E-state index contributed by atoms with van der Waals surface area (Å²) in [4.78, 5) is 0. The molecule has 1 aromatic carbocycles. The fraction of sp³-hybridized carbons (Fsp3) is 0.250. The molecule has 0 aliphatic heterocycles. The van der Waals surface area contributed by atoms with E-state index in [1.807, 2.05) is 24.3 Å². The standard InChI is InChI=1S/C12H13FN2OS/c1-15-7-11(13)12(14-15)17-8-9-3-5-10(16-2)6-4-9/h3-7H,8H2,1-2H3. The van der Waals surface area contributed by atoms with Crippen LogP contribution in [0.5, 0.6) is 5.75 Å². The average Bonchev–Trinajstić information content (AvgIpc) is 2.66. The number of hydrogen-bond donors (Lipinski definition) is 0. The molecule has 0 atom stereocenters. The van der Waals surface area contributed by atoms with Gasteiger partial charge in [-0.25, -0.2) is 4.39 Å². The van der Waals surface area contributed by atoms with E-state index in [0.717, 1.165) is 11.3 Å². The average molecular weight is 252 g/mol. The molecule has 17 heavy (non-hydrogen) atoms. The van der Waals surface area contributed by atoms with Gasteiger partial charge in [0.25, 0.3) is 0 Å². The van der Waals surface area contributed by atoms with Crippen molar-refractivity contribution in [3.63, 3.8) is 0 Å². The van der Waals surface area contributed by atoms with Crippen LogP contribution in [0.25, 0.3) is 0 Å². The van der Waals surface area contributed by atoms with E-state index in [-0.39, 0.29) is 5.82 Å². The summed E-state index contributed by atoms with van der Waals surface area (Å²) in [7, 11) is 3.34. The minimum atomic E-state index is -0.272. The molecule has 1 aromatic heterocycles. The predicted octanol–water partition coefficient (Wildman–Crippen LogP) is 2.86. The van der Waals surface area contributed by atoms with Crippen molar-refractivity contribution in [1.29, 1.82) is 0 Å². The molecule has 3 nitrogen and oxygen atoms in total. The van der Waals surface area contributed by atoms with E-state index in [4.69, 9.17) is 4.74 Å². The lowest BCUT2D eigenvalue weighted by atomic mass is 10.2. The largest absolute Gasteiger partial charge is 0.497 e. The van der Waals surface area contributed by atoms with Crippen molar-refractivity contribution < 1.29 is 9.13 Å². The highest BCUT2D eigenvalue weighted by atomic mass is 32.2. The number of thioether (sulfide) groups is 1. The van der Waals surface area contributed by atoms with Crippen LogP contribution in [0.1, 0.15) is 5.56 Å². The molecule has 0 aliphatic rings. The lowest BCUT2D eigenvalue weighted by Gasteiger charge is -2.02. The van der Waals surface area contributed by atoms with Gasteiger partial charge in [0, 0.05) is 12.8 Å². The second kappa shape index (κ2) is 5.23. The summed E-state index contributed by atoms with van der Waals surface area (Å²) in [5.74, 6) is 1.24. The van der Waals surface area contributed by atoms with E-state index < -0.39 is 0 Å². The molecule has 0 fully saturated rings. The minimum Gasteiger partial charge on any atom is -0.497 e. The zero-order chi connectivity index (χ0) is 12.3. The number of hydrogen-bond acceptors (Lipinski definition) is 3. The summed E-state index contributed by atoms with van der Waals surface area (Å²) in [6.07, 6.45) is 1.37. The Hall–Kier alpha value is -1.49. The van der Waals surface area contributed by atoms with Crippen LogP contribution in [-0.2, 0) is 12.8 Å². The molecule has 0 saturated heterocycles. The Kier molecular flexibility index (Phi) is 3.68. The molecule has 0 radical (unpaired) electrons. The molecule has 90 valence electrons. The second-order valence-electron chi connectivity index (χ2n) is 3.59. The van der Waals surface area contributed by atoms with Gasteiger partial charge in [-0.3, -0.25) is 4.68 Å². The van der Waals surface area contributed by atoms with Gasteiger partial charge in [0.2, 0.25) is 0 Å². The van der Waals surface area contributed by atoms with Crippen molar-refractivity contribution in [2.45, 2.75) is 10.8 Å². The van der Waals surface area contributed by atoms with Gasteiger partial charge < -0.3 is 4.74 Å². The fourth-order valence-corrected chi connectivity index (χ4v) is 2.28. The number of halogens is 1. The molecule has 1 heterocycles. The lowest BCUT2D eigenvalue weighted by Crippen LogP contribution is -1.88. The maximum Gasteiger partial charge on any atom is 0.174 e. The van der Waals surface area contributed by atoms with E-state index in [9.17, 15) is 4.39 Å². The van der Waals surface area contributed by atoms with Crippen LogP contribution in [0.4, 0.5) is 4.39 Å². The van der Waals surface area contributed by atoms with E-state index in [2.05, 4.69) is 5.10 Å². The molecule has 2 aromatic rings. The second-order valence-corrected chi connectivity index (χ2v) is 4.56. The van der Waals surface area contributed by atoms with Gasteiger partial charge in [-0.2, -0.15) is 5.10 Å². The van der Waals surface area contributed by atoms with Gasteiger partial charge in [-0.05, 0) is 17.7 Å². The maximum atomic E-state index is 13.3. The summed E-state index contributed by atoms with van der Waals surface area (Å²) in [6.45, 7) is 0. The molecular weight excluding hydrogens is 239 g/mol. The number of methoxy groups -OCH3 is 1. The van der Waals surface area contributed by atoms with Crippen molar-refractivity contribution >= 4 is 11.8 Å². The maximum absolute atomic E-state index is 13.3. The van der Waals surface area contributed by atoms with Gasteiger partial charge in [0.15, 0.2) is 10.8 Å². The third-order valence-corrected chi connectivity index (χ3v) is 3.32. The first-order valence-electron chi connectivity index (χ1n) is 5.14. The number of ether oxygens (including phenoxy) is 1. The van der Waals surface area contributed by atoms with Gasteiger partial charge >= 0.3 is 0 Å². The van der Waals surface area contributed by atoms with Crippen molar-refractivity contribution in [1.82, 2.24) is 9.78 Å². The van der Waals surface area contributed by atoms with Crippen LogP contribution in [0.3, 0.4) is 0 Å². The van der Waals surface area contributed by atoms with Crippen molar-refractivity contribution in [2.24, 2.45) is 7.05 Å². The number of benzene rings is 1. The van der Waals surface area contributed by atoms with Crippen molar-refractivity contribution in [3.05, 3.63) is 41.8 Å². The summed E-state index contributed by atoms with van der Waals surface area (Å²) in [5, 5.41) is 4.47. The van der Waals surface area contributed by atoms with Crippen LogP contribution < -0.4 is 4.74 Å². The van der Waals surface area contributed by atoms with Crippen LogP contribution in [0.2, 0.25) is 0 Å². The highest BCUT2D eigenvalue weighted by Crippen LogP contribution is 2.24. The summed E-state index contributed by atoms with van der Waals surface area (Å²) < 4.78 is 19.9. The van der Waals surface area contributed by atoms with Gasteiger partial charge in [0.1, 0.15) is 5.75 Å². The Labute approximate surface area is 104 Å². The SMILES string of the molecule is COc1ccc(CSc2nn(C)cc2F)cc1. The molecular formula is C12H13FN2OS. The molecule has 0 amide bonds. The number of aromatic nitrogens is 2. The fourth-order valence-electron chi connectivity index (χ4n) is 1.41. The number of rotatable bonds is 4. The molecule has 0 bridgehead atoms. The van der Waals surface area contributed by atoms with Crippen molar-refractivity contribution in [3.8, 4) is 5.75 Å². The Morgan fingerprint density at radius 1 is 1.35 bits per heavy atom. The third-order valence-electron chi connectivity index (χ3n) is 2.29. The van der Waals surface area contributed by atoms with Crippen LogP contribution in [0, 0.1) is 5.82 Å².